The number of ether oxygens (including phenoxy) is 1. The van der Waals surface area contributed by atoms with Crippen molar-refractivity contribution in [1.29, 1.82) is 0 Å². The van der Waals surface area contributed by atoms with E-state index < -0.39 is 32.4 Å². The number of rotatable bonds is 9. The van der Waals surface area contributed by atoms with E-state index in [-0.39, 0.29) is 6.61 Å². The summed E-state index contributed by atoms with van der Waals surface area (Å²) in [6.45, 7) is -0.442. The Morgan fingerprint density at radius 2 is 1.91 bits per heavy atom. The van der Waals surface area contributed by atoms with Gasteiger partial charge in [-0.25, -0.2) is 18.3 Å². The average Bonchev–Trinajstić information content (AvgIpc) is 3.25. The summed E-state index contributed by atoms with van der Waals surface area (Å²) in [5.74, 6) is -0.667. The highest BCUT2D eigenvalue weighted by molar-refractivity contribution is 7.46. The second-order valence-corrected chi connectivity index (χ2v) is 8.84. The molecule has 0 saturated heterocycles. The number of halogens is 2. The molecule has 1 aromatic carbocycles. The minimum atomic E-state index is -4.64. The first-order valence-electron chi connectivity index (χ1n) is 10.2. The minimum absolute atomic E-state index is 0.0340. The Bertz CT molecular complexity index is 1270. The highest BCUT2D eigenvalue weighted by Crippen LogP contribution is 2.36. The van der Waals surface area contributed by atoms with Crippen LogP contribution in [0.2, 0.25) is 0 Å². The van der Waals surface area contributed by atoms with Gasteiger partial charge in [0.05, 0.1) is 5.69 Å². The summed E-state index contributed by atoms with van der Waals surface area (Å²) < 4.78 is 52.9. The molecule has 1 unspecified atom stereocenters. The second kappa shape index (κ2) is 10.5. The van der Waals surface area contributed by atoms with Gasteiger partial charge in [-0.1, -0.05) is 17.3 Å². The summed E-state index contributed by atoms with van der Waals surface area (Å²) in [7, 11) is -4.64. The van der Waals surface area contributed by atoms with Gasteiger partial charge in [-0.05, 0) is 29.3 Å². The lowest BCUT2D eigenvalue weighted by molar-refractivity contribution is 0.110. The number of phosphoric ester groups is 1. The first kappa shape index (κ1) is 24.7. The van der Waals surface area contributed by atoms with Crippen LogP contribution in [-0.4, -0.2) is 37.7 Å². The zero-order valence-electron chi connectivity index (χ0n) is 18.1. The molecule has 0 fully saturated rings. The van der Waals surface area contributed by atoms with Crippen molar-refractivity contribution < 1.29 is 36.9 Å². The van der Waals surface area contributed by atoms with Crippen molar-refractivity contribution >= 4 is 13.4 Å². The highest BCUT2D eigenvalue weighted by atomic mass is 31.2. The normalized spacial score (nSPS) is 15.9. The number of benzene rings is 1. The Morgan fingerprint density at radius 1 is 1.14 bits per heavy atom. The maximum atomic E-state index is 13.3. The summed E-state index contributed by atoms with van der Waals surface area (Å²) >= 11 is 0. The molecule has 10 nitrogen and oxygen atoms in total. The van der Waals surface area contributed by atoms with E-state index in [0.29, 0.717) is 34.9 Å². The fourth-order valence-electron chi connectivity index (χ4n) is 3.31. The molecular weight excluding hydrogens is 485 g/mol. The van der Waals surface area contributed by atoms with Crippen LogP contribution < -0.4 is 10.5 Å². The van der Waals surface area contributed by atoms with Crippen LogP contribution in [0.15, 0.2) is 65.5 Å². The number of hydrogen-bond donors (Lipinski definition) is 3. The zero-order valence-corrected chi connectivity index (χ0v) is 19.0. The Balaban J connectivity index is 1.35. The molecule has 3 heterocycles. The fraction of sp³-hybridized carbons (Fsp3) is 0.182. The van der Waals surface area contributed by atoms with Crippen LogP contribution in [0, 0.1) is 11.6 Å². The van der Waals surface area contributed by atoms with Crippen molar-refractivity contribution in [2.45, 2.75) is 19.2 Å². The van der Waals surface area contributed by atoms with Gasteiger partial charge in [0.2, 0.25) is 5.88 Å². The first-order chi connectivity index (χ1) is 16.7. The van der Waals surface area contributed by atoms with E-state index >= 15 is 0 Å². The molecule has 184 valence electrons. The summed E-state index contributed by atoms with van der Waals surface area (Å²) in [4.78, 5) is 23.4. The first-order valence-corrected chi connectivity index (χ1v) is 11.8. The van der Waals surface area contributed by atoms with Crippen LogP contribution in [0.5, 0.6) is 5.88 Å². The Hall–Kier alpha value is -3.41. The number of allylic oxidation sites excluding steroid dienone is 2. The van der Waals surface area contributed by atoms with Gasteiger partial charge in [-0.3, -0.25) is 4.52 Å². The molecule has 0 aliphatic carbocycles. The van der Waals surface area contributed by atoms with Gasteiger partial charge in [-0.2, -0.15) is 0 Å². The third-order valence-electron chi connectivity index (χ3n) is 4.94. The fourth-order valence-corrected chi connectivity index (χ4v) is 3.60. The smallest absolute Gasteiger partial charge is 0.471 e. The quantitative estimate of drug-likeness (QED) is 0.370. The van der Waals surface area contributed by atoms with Crippen LogP contribution in [0.25, 0.3) is 5.57 Å². The lowest BCUT2D eigenvalue weighted by atomic mass is 10.1. The topological polar surface area (TPSA) is 144 Å². The number of pyridine rings is 1. The summed E-state index contributed by atoms with van der Waals surface area (Å²) in [6, 6.07) is 8.28. The second-order valence-electron chi connectivity index (χ2n) is 7.60. The molecule has 1 atom stereocenters. The molecule has 0 spiro atoms. The van der Waals surface area contributed by atoms with Gasteiger partial charge in [0.25, 0.3) is 0 Å². The Morgan fingerprint density at radius 3 is 2.60 bits per heavy atom. The molecule has 3 aromatic rings. The average molecular weight is 506 g/mol. The van der Waals surface area contributed by atoms with E-state index in [9.17, 15) is 13.3 Å². The molecule has 4 rings (SSSR count). The molecule has 35 heavy (non-hydrogen) atoms. The molecule has 0 radical (unpaired) electrons. The van der Waals surface area contributed by atoms with Crippen molar-refractivity contribution in [3.63, 3.8) is 0 Å². The molecule has 0 amide bonds. The number of phosphoric acid groups is 1. The van der Waals surface area contributed by atoms with E-state index in [1.807, 2.05) is 0 Å². The van der Waals surface area contributed by atoms with E-state index in [1.165, 1.54) is 17.0 Å². The minimum Gasteiger partial charge on any atom is -0.473 e. The molecule has 2 aromatic heterocycles. The monoisotopic (exact) mass is 506 g/mol. The van der Waals surface area contributed by atoms with Gasteiger partial charge < -0.3 is 29.7 Å². The largest absolute Gasteiger partial charge is 0.473 e. The van der Waals surface area contributed by atoms with E-state index in [4.69, 9.17) is 24.8 Å². The van der Waals surface area contributed by atoms with E-state index in [0.717, 1.165) is 11.6 Å². The van der Waals surface area contributed by atoms with Gasteiger partial charge in [0, 0.05) is 42.6 Å². The Labute approximate surface area is 198 Å². The van der Waals surface area contributed by atoms with Gasteiger partial charge in [0.15, 0.2) is 5.76 Å². The predicted octanol–water partition coefficient (Wildman–Crippen LogP) is 3.08. The van der Waals surface area contributed by atoms with E-state index in [2.05, 4.69) is 14.7 Å². The van der Waals surface area contributed by atoms with Crippen molar-refractivity contribution in [3.8, 4) is 5.88 Å². The molecule has 1 aliphatic rings. The maximum absolute atomic E-state index is 13.3. The van der Waals surface area contributed by atoms with Crippen molar-refractivity contribution in [2.75, 3.05) is 6.73 Å². The standard InChI is InChI=1S/C22H21F2N4O6P/c23-16-6-15(7-17(24)9-16)12-32-21-4-3-14(11-26-21)8-18-10-20(34-27-18)19-2-1-5-28(22(19)25)13-33-35(29,30)31/h1-7,9-11,22H,8,12-13,25H2,(H2,29,30,31). The van der Waals surface area contributed by atoms with Crippen molar-refractivity contribution in [1.82, 2.24) is 15.0 Å². The number of nitrogens with two attached hydrogens (primary N) is 1. The van der Waals surface area contributed by atoms with Gasteiger partial charge >= 0.3 is 7.82 Å². The summed E-state index contributed by atoms with van der Waals surface area (Å²) in [6.07, 6.45) is 6.12. The van der Waals surface area contributed by atoms with E-state index in [1.54, 1.807) is 42.7 Å². The predicted molar refractivity (Wildman–Crippen MR) is 119 cm³/mol. The molecule has 13 heteroatoms. The molecule has 1 aliphatic heterocycles. The summed E-state index contributed by atoms with van der Waals surface area (Å²) in [5, 5.41) is 4.05. The van der Waals surface area contributed by atoms with Crippen LogP contribution >= 0.6 is 7.82 Å². The third kappa shape index (κ3) is 6.81. The maximum Gasteiger partial charge on any atom is 0.471 e. The molecule has 4 N–H and O–H groups in total. The lowest BCUT2D eigenvalue weighted by Gasteiger charge is -2.30. The van der Waals surface area contributed by atoms with Crippen LogP contribution in [0.1, 0.15) is 22.6 Å². The van der Waals surface area contributed by atoms with Crippen LogP contribution in [0.3, 0.4) is 0 Å². The van der Waals surface area contributed by atoms with Crippen LogP contribution in [0.4, 0.5) is 8.78 Å². The van der Waals surface area contributed by atoms with Gasteiger partial charge in [-0.15, -0.1) is 0 Å². The zero-order chi connectivity index (χ0) is 25.0. The molecule has 0 bridgehead atoms. The Kier molecular flexibility index (Phi) is 7.39. The van der Waals surface area contributed by atoms with Crippen molar-refractivity contribution in [2.24, 2.45) is 5.73 Å². The molecular formula is C22H21F2N4O6P. The number of hydrogen-bond acceptors (Lipinski definition) is 8. The number of aromatic nitrogens is 2. The third-order valence-corrected chi connectivity index (χ3v) is 5.39. The molecule has 0 saturated carbocycles. The summed E-state index contributed by atoms with van der Waals surface area (Å²) in [5.41, 5.74) is 8.49. The SMILES string of the molecule is NC1C(c2cc(Cc3ccc(OCc4cc(F)cc(F)c4)nc3)no2)=CC=CN1COP(=O)(O)O. The van der Waals surface area contributed by atoms with Gasteiger partial charge in [0.1, 0.15) is 31.1 Å². The number of nitrogens with zero attached hydrogens (tertiary/aromatic N) is 3. The van der Waals surface area contributed by atoms with Crippen LogP contribution in [-0.2, 0) is 22.1 Å². The highest BCUT2D eigenvalue weighted by Gasteiger charge is 2.25. The van der Waals surface area contributed by atoms with Crippen molar-refractivity contribution in [3.05, 3.63) is 95.2 Å². The lowest BCUT2D eigenvalue weighted by Crippen LogP contribution is -2.41.